The van der Waals surface area contributed by atoms with E-state index in [1.165, 1.54) is 4.88 Å². The lowest BCUT2D eigenvalue weighted by Crippen LogP contribution is -2.15. The first-order chi connectivity index (χ1) is 13.1. The number of carbonyl (C=O) groups is 2. The van der Waals surface area contributed by atoms with E-state index in [4.69, 9.17) is 0 Å². The molecule has 0 atom stereocenters. The molecule has 1 heterocycles. The first-order valence-electron chi connectivity index (χ1n) is 8.87. The highest BCUT2D eigenvalue weighted by atomic mass is 32.1. The van der Waals surface area contributed by atoms with Gasteiger partial charge in [0.05, 0.1) is 5.69 Å². The summed E-state index contributed by atoms with van der Waals surface area (Å²) in [5.41, 5.74) is 3.68. The number of carbonyl (C=O) groups excluding carboxylic acids is 2. The average molecular weight is 377 g/mol. The molecule has 0 radical (unpaired) electrons. The van der Waals surface area contributed by atoms with Crippen LogP contribution in [0.2, 0.25) is 0 Å². The van der Waals surface area contributed by atoms with Crippen molar-refractivity contribution in [2.75, 3.05) is 10.6 Å². The zero-order valence-corrected chi connectivity index (χ0v) is 15.7. The summed E-state index contributed by atoms with van der Waals surface area (Å²) in [6.45, 7) is 1.90. The Labute approximate surface area is 161 Å². The number of benzene rings is 2. The summed E-state index contributed by atoms with van der Waals surface area (Å²) in [5.74, 6) is -0.426. The summed E-state index contributed by atoms with van der Waals surface area (Å²) in [7, 11) is 0. The van der Waals surface area contributed by atoms with Crippen molar-refractivity contribution >= 4 is 34.0 Å². The highest BCUT2D eigenvalue weighted by Crippen LogP contribution is 2.30. The molecule has 0 fully saturated rings. The van der Waals surface area contributed by atoms with Gasteiger partial charge in [0.15, 0.2) is 5.13 Å². The molecule has 0 spiro atoms. The Morgan fingerprint density at radius 3 is 2.52 bits per heavy atom. The van der Waals surface area contributed by atoms with Crippen molar-refractivity contribution in [1.29, 1.82) is 0 Å². The minimum Gasteiger partial charge on any atom is -0.322 e. The molecule has 6 heteroatoms. The third kappa shape index (κ3) is 3.75. The number of nitrogens with zero attached hydrogens (tertiary/aromatic N) is 1. The van der Waals surface area contributed by atoms with E-state index in [0.717, 1.165) is 30.5 Å². The second kappa shape index (κ2) is 7.32. The van der Waals surface area contributed by atoms with Gasteiger partial charge in [-0.1, -0.05) is 24.3 Å². The Hall–Kier alpha value is -2.99. The number of anilines is 2. The van der Waals surface area contributed by atoms with Gasteiger partial charge in [-0.05, 0) is 56.0 Å². The number of aromatic nitrogens is 1. The summed E-state index contributed by atoms with van der Waals surface area (Å²) >= 11 is 1.55. The molecule has 4 rings (SSSR count). The van der Waals surface area contributed by atoms with E-state index in [-0.39, 0.29) is 11.8 Å². The molecule has 2 aromatic carbocycles. The monoisotopic (exact) mass is 377 g/mol. The van der Waals surface area contributed by atoms with Crippen molar-refractivity contribution in [2.45, 2.75) is 26.2 Å². The van der Waals surface area contributed by atoms with Crippen molar-refractivity contribution in [3.63, 3.8) is 0 Å². The van der Waals surface area contributed by atoms with Crippen LogP contribution in [0, 0.1) is 6.92 Å². The lowest BCUT2D eigenvalue weighted by atomic mass is 10.1. The Morgan fingerprint density at radius 2 is 1.74 bits per heavy atom. The third-order valence-electron chi connectivity index (χ3n) is 4.60. The van der Waals surface area contributed by atoms with Crippen LogP contribution in [-0.2, 0) is 12.8 Å². The van der Waals surface area contributed by atoms with Crippen molar-refractivity contribution in [2.24, 2.45) is 0 Å². The Bertz CT molecular complexity index is 990. The smallest absolute Gasteiger partial charge is 0.257 e. The van der Waals surface area contributed by atoms with E-state index >= 15 is 0 Å². The van der Waals surface area contributed by atoms with Crippen LogP contribution in [0.5, 0.6) is 0 Å². The predicted octanol–water partition coefficient (Wildman–Crippen LogP) is 4.44. The number of thiazole rings is 1. The van der Waals surface area contributed by atoms with E-state index in [9.17, 15) is 9.59 Å². The molecular weight excluding hydrogens is 358 g/mol. The normalized spacial score (nSPS) is 12.5. The highest BCUT2D eigenvalue weighted by Gasteiger charge is 2.18. The number of aryl methyl sites for hydroxylation is 3. The largest absolute Gasteiger partial charge is 0.322 e. The summed E-state index contributed by atoms with van der Waals surface area (Å²) in [6, 6.07) is 14.3. The first kappa shape index (κ1) is 17.4. The molecular formula is C21H19N3O2S. The maximum Gasteiger partial charge on any atom is 0.257 e. The molecule has 136 valence electrons. The van der Waals surface area contributed by atoms with Crippen LogP contribution in [0.3, 0.4) is 0 Å². The molecule has 0 saturated heterocycles. The standard InChI is InChI=1S/C21H19N3O2S/c1-13-10-11-15(12-17(13)22-19(25)14-6-3-2-4-7-14)20(26)24-21-23-16-8-5-9-18(16)27-21/h2-4,6-7,10-12H,5,8-9H2,1H3,(H,22,25)(H,23,24,26). The van der Waals surface area contributed by atoms with Gasteiger partial charge < -0.3 is 5.32 Å². The molecule has 1 aliphatic carbocycles. The summed E-state index contributed by atoms with van der Waals surface area (Å²) in [6.07, 6.45) is 3.18. The number of fused-ring (bicyclic) bond motifs is 1. The van der Waals surface area contributed by atoms with Gasteiger partial charge in [0.25, 0.3) is 11.8 Å². The number of rotatable bonds is 4. The zero-order chi connectivity index (χ0) is 18.8. The van der Waals surface area contributed by atoms with Gasteiger partial charge in [0.1, 0.15) is 0 Å². The summed E-state index contributed by atoms with van der Waals surface area (Å²) in [4.78, 5) is 30.8. The van der Waals surface area contributed by atoms with Gasteiger partial charge in [-0.2, -0.15) is 0 Å². The van der Waals surface area contributed by atoms with Gasteiger partial charge in [-0.3, -0.25) is 14.9 Å². The molecule has 2 amide bonds. The van der Waals surface area contributed by atoms with Gasteiger partial charge >= 0.3 is 0 Å². The van der Waals surface area contributed by atoms with Crippen molar-refractivity contribution in [1.82, 2.24) is 4.98 Å². The Balaban J connectivity index is 1.50. The fourth-order valence-corrected chi connectivity index (χ4v) is 4.14. The van der Waals surface area contributed by atoms with E-state index in [0.29, 0.717) is 21.9 Å². The lowest BCUT2D eigenvalue weighted by molar-refractivity contribution is 0.101. The van der Waals surface area contributed by atoms with Crippen LogP contribution in [-0.4, -0.2) is 16.8 Å². The molecule has 0 bridgehead atoms. The van der Waals surface area contributed by atoms with Crippen LogP contribution in [0.15, 0.2) is 48.5 Å². The van der Waals surface area contributed by atoms with Crippen molar-refractivity contribution < 1.29 is 9.59 Å². The van der Waals surface area contributed by atoms with Gasteiger partial charge in [-0.15, -0.1) is 11.3 Å². The van der Waals surface area contributed by atoms with Crippen LogP contribution in [0.4, 0.5) is 10.8 Å². The average Bonchev–Trinajstić information content (AvgIpc) is 3.25. The minimum absolute atomic E-state index is 0.201. The quantitative estimate of drug-likeness (QED) is 0.706. The third-order valence-corrected chi connectivity index (χ3v) is 5.67. The molecule has 0 aliphatic heterocycles. The predicted molar refractivity (Wildman–Crippen MR) is 108 cm³/mol. The van der Waals surface area contributed by atoms with E-state index in [1.807, 2.05) is 31.2 Å². The van der Waals surface area contributed by atoms with Gasteiger partial charge in [-0.25, -0.2) is 4.98 Å². The maximum absolute atomic E-state index is 12.6. The second-order valence-electron chi connectivity index (χ2n) is 6.55. The Morgan fingerprint density at radius 1 is 0.963 bits per heavy atom. The molecule has 27 heavy (non-hydrogen) atoms. The van der Waals surface area contributed by atoms with E-state index < -0.39 is 0 Å². The fourth-order valence-electron chi connectivity index (χ4n) is 3.10. The molecule has 5 nitrogen and oxygen atoms in total. The number of nitrogens with one attached hydrogen (secondary N) is 2. The molecule has 0 saturated carbocycles. The van der Waals surface area contributed by atoms with Crippen LogP contribution < -0.4 is 10.6 Å². The molecule has 2 N–H and O–H groups in total. The molecule has 0 unspecified atom stereocenters. The van der Waals surface area contributed by atoms with Crippen molar-refractivity contribution in [3.05, 3.63) is 75.8 Å². The van der Waals surface area contributed by atoms with Crippen LogP contribution in [0.25, 0.3) is 0 Å². The number of hydrogen-bond donors (Lipinski definition) is 2. The molecule has 1 aromatic heterocycles. The van der Waals surface area contributed by atoms with E-state index in [1.54, 1.807) is 35.6 Å². The van der Waals surface area contributed by atoms with Gasteiger partial charge in [0.2, 0.25) is 0 Å². The lowest BCUT2D eigenvalue weighted by Gasteiger charge is -2.10. The van der Waals surface area contributed by atoms with E-state index in [2.05, 4.69) is 15.6 Å². The molecule has 1 aliphatic rings. The number of hydrogen-bond acceptors (Lipinski definition) is 4. The molecule has 3 aromatic rings. The number of amides is 2. The fraction of sp³-hybridized carbons (Fsp3) is 0.190. The first-order valence-corrected chi connectivity index (χ1v) is 9.69. The van der Waals surface area contributed by atoms with Crippen molar-refractivity contribution in [3.8, 4) is 0 Å². The zero-order valence-electron chi connectivity index (χ0n) is 14.9. The Kier molecular flexibility index (Phi) is 4.73. The van der Waals surface area contributed by atoms with Crippen LogP contribution in [0.1, 0.15) is 43.3 Å². The topological polar surface area (TPSA) is 71.1 Å². The SMILES string of the molecule is Cc1ccc(C(=O)Nc2nc3c(s2)CCC3)cc1NC(=O)c1ccccc1. The summed E-state index contributed by atoms with van der Waals surface area (Å²) < 4.78 is 0. The van der Waals surface area contributed by atoms with Gasteiger partial charge in [0, 0.05) is 21.7 Å². The maximum atomic E-state index is 12.6. The highest BCUT2D eigenvalue weighted by molar-refractivity contribution is 7.16. The summed E-state index contributed by atoms with van der Waals surface area (Å²) in [5, 5.41) is 6.40. The minimum atomic E-state index is -0.224. The second-order valence-corrected chi connectivity index (χ2v) is 7.63. The van der Waals surface area contributed by atoms with Crippen LogP contribution >= 0.6 is 11.3 Å².